The normalized spacial score (nSPS) is 13.6. The molecule has 0 N–H and O–H groups in total. The number of anilines is 1. The summed E-state index contributed by atoms with van der Waals surface area (Å²) in [5, 5.41) is 0.696. The molecule has 1 aliphatic heterocycles. The van der Waals surface area contributed by atoms with Gasteiger partial charge in [0.05, 0.1) is 22.6 Å². The number of piperazine rings is 1. The lowest BCUT2D eigenvalue weighted by atomic mass is 10.2. The molecule has 0 saturated carbocycles. The van der Waals surface area contributed by atoms with Crippen LogP contribution in [0.15, 0.2) is 60.9 Å². The second kappa shape index (κ2) is 11.3. The molecule has 0 spiro atoms. The summed E-state index contributed by atoms with van der Waals surface area (Å²) in [6, 6.07) is 13.7. The van der Waals surface area contributed by atoms with Gasteiger partial charge in [0.2, 0.25) is 5.91 Å². The Hall–Kier alpha value is -3.52. The van der Waals surface area contributed by atoms with Gasteiger partial charge in [0.25, 0.3) is 5.91 Å². The average molecular weight is 496 g/mol. The number of amides is 2. The van der Waals surface area contributed by atoms with E-state index in [1.54, 1.807) is 24.0 Å². The molecule has 0 aliphatic carbocycles. The zero-order valence-electron chi connectivity index (χ0n) is 19.5. The Morgan fingerprint density at radius 1 is 1.00 bits per heavy atom. The number of hydrogen-bond donors (Lipinski definition) is 0. The maximum Gasteiger partial charge on any atom is 0.274 e. The van der Waals surface area contributed by atoms with Gasteiger partial charge in [-0.15, -0.1) is 0 Å². The van der Waals surface area contributed by atoms with E-state index in [4.69, 9.17) is 11.6 Å². The van der Waals surface area contributed by atoms with Crippen LogP contribution in [0.2, 0.25) is 5.02 Å². The molecule has 2 aromatic carbocycles. The van der Waals surface area contributed by atoms with Gasteiger partial charge in [-0.3, -0.25) is 14.6 Å². The predicted octanol–water partition coefficient (Wildman–Crippen LogP) is 3.96. The molecule has 182 valence electrons. The highest BCUT2D eigenvalue weighted by Crippen LogP contribution is 2.26. The molecule has 7 nitrogen and oxygen atoms in total. The van der Waals surface area contributed by atoms with Crippen LogP contribution < -0.4 is 4.90 Å². The number of hydrogen-bond acceptors (Lipinski definition) is 5. The van der Waals surface area contributed by atoms with Gasteiger partial charge in [0, 0.05) is 51.9 Å². The van der Waals surface area contributed by atoms with E-state index in [-0.39, 0.29) is 42.8 Å². The number of carbonyl (C=O) groups excluding carboxylic acids is 2. The number of rotatable bonds is 7. The highest BCUT2D eigenvalue weighted by molar-refractivity contribution is 6.33. The van der Waals surface area contributed by atoms with E-state index in [9.17, 15) is 14.0 Å². The van der Waals surface area contributed by atoms with Gasteiger partial charge in [-0.25, -0.2) is 9.37 Å². The third kappa shape index (κ3) is 6.33. The maximum atomic E-state index is 13.3. The van der Waals surface area contributed by atoms with Crippen LogP contribution >= 0.6 is 11.6 Å². The fourth-order valence-electron chi connectivity index (χ4n) is 4.02. The Kier molecular flexibility index (Phi) is 7.92. The number of carbonyl (C=O) groups is 2. The molecular formula is C26H27ClFN5O2. The van der Waals surface area contributed by atoms with E-state index in [1.807, 2.05) is 29.2 Å². The summed E-state index contributed by atoms with van der Waals surface area (Å²) >= 11 is 6.31. The smallest absolute Gasteiger partial charge is 0.274 e. The van der Waals surface area contributed by atoms with Crippen molar-refractivity contribution in [3.8, 4) is 0 Å². The number of aromatic nitrogens is 2. The summed E-state index contributed by atoms with van der Waals surface area (Å²) in [6.07, 6.45) is 3.15. The van der Waals surface area contributed by atoms with Crippen LogP contribution in [0, 0.1) is 12.7 Å². The molecule has 0 bridgehead atoms. The van der Waals surface area contributed by atoms with Crippen molar-refractivity contribution in [1.82, 2.24) is 19.8 Å². The fraction of sp³-hybridized carbons (Fsp3) is 0.308. The first kappa shape index (κ1) is 24.6. The Morgan fingerprint density at radius 3 is 2.37 bits per heavy atom. The van der Waals surface area contributed by atoms with Gasteiger partial charge in [-0.05, 0) is 36.8 Å². The maximum absolute atomic E-state index is 13.3. The summed E-state index contributed by atoms with van der Waals surface area (Å²) in [5.41, 5.74) is 2.65. The van der Waals surface area contributed by atoms with Crippen molar-refractivity contribution in [2.24, 2.45) is 0 Å². The molecule has 0 unspecified atom stereocenters. The molecule has 3 aromatic rings. The van der Waals surface area contributed by atoms with Gasteiger partial charge >= 0.3 is 0 Å². The molecule has 2 heterocycles. The lowest BCUT2D eigenvalue weighted by Crippen LogP contribution is -2.49. The third-order valence-corrected chi connectivity index (χ3v) is 6.31. The summed E-state index contributed by atoms with van der Waals surface area (Å²) < 4.78 is 13.3. The molecule has 1 aromatic heterocycles. The summed E-state index contributed by atoms with van der Waals surface area (Å²) in [7, 11) is 0. The summed E-state index contributed by atoms with van der Waals surface area (Å²) in [6.45, 7) is 4.79. The lowest BCUT2D eigenvalue weighted by Gasteiger charge is -2.36. The quantitative estimate of drug-likeness (QED) is 0.496. The van der Waals surface area contributed by atoms with Gasteiger partial charge in [0.15, 0.2) is 0 Å². The average Bonchev–Trinajstić information content (AvgIpc) is 2.88. The van der Waals surface area contributed by atoms with Crippen molar-refractivity contribution < 1.29 is 14.0 Å². The van der Waals surface area contributed by atoms with E-state index < -0.39 is 0 Å². The standard InChI is InChI=1S/C26H27ClFN5O2/c1-19-16-30-23(17-29-19)26(35)33(18-20-6-8-21(28)9-7-20)11-10-25(34)32-14-12-31(13-15-32)24-5-3-2-4-22(24)27/h2-9,16-17H,10-15,18H2,1H3. The molecular weight excluding hydrogens is 469 g/mol. The molecule has 1 fully saturated rings. The van der Waals surface area contributed by atoms with Crippen LogP contribution in [0.1, 0.15) is 28.2 Å². The molecule has 2 amide bonds. The fourth-order valence-corrected chi connectivity index (χ4v) is 4.28. The summed E-state index contributed by atoms with van der Waals surface area (Å²) in [4.78, 5) is 40.0. The van der Waals surface area contributed by atoms with E-state index in [2.05, 4.69) is 14.9 Å². The van der Waals surface area contributed by atoms with Crippen molar-refractivity contribution in [1.29, 1.82) is 0 Å². The van der Waals surface area contributed by atoms with Crippen LogP contribution in [0.3, 0.4) is 0 Å². The minimum Gasteiger partial charge on any atom is -0.367 e. The molecule has 9 heteroatoms. The second-order valence-corrected chi connectivity index (χ2v) is 8.87. The number of halogens is 2. The van der Waals surface area contributed by atoms with Crippen molar-refractivity contribution >= 4 is 29.1 Å². The topological polar surface area (TPSA) is 69.6 Å². The van der Waals surface area contributed by atoms with Crippen LogP contribution in [-0.4, -0.2) is 64.3 Å². The number of para-hydroxylation sites is 1. The zero-order chi connectivity index (χ0) is 24.8. The molecule has 4 rings (SSSR count). The Morgan fingerprint density at radius 2 is 1.71 bits per heavy atom. The molecule has 0 radical (unpaired) electrons. The van der Waals surface area contributed by atoms with Crippen molar-refractivity contribution in [3.63, 3.8) is 0 Å². The SMILES string of the molecule is Cc1cnc(C(=O)N(CCC(=O)N2CCN(c3ccccc3Cl)CC2)Cc2ccc(F)cc2)cn1. The van der Waals surface area contributed by atoms with Crippen molar-refractivity contribution in [2.45, 2.75) is 19.9 Å². The summed E-state index contributed by atoms with van der Waals surface area (Å²) in [5.74, 6) is -0.684. The Labute approximate surface area is 209 Å². The van der Waals surface area contributed by atoms with Crippen molar-refractivity contribution in [3.05, 3.63) is 88.7 Å². The first-order chi connectivity index (χ1) is 16.9. The van der Waals surface area contributed by atoms with Crippen LogP contribution in [-0.2, 0) is 11.3 Å². The zero-order valence-corrected chi connectivity index (χ0v) is 20.3. The second-order valence-electron chi connectivity index (χ2n) is 8.47. The molecule has 1 aliphatic rings. The van der Waals surface area contributed by atoms with Gasteiger partial charge in [-0.2, -0.15) is 0 Å². The minimum atomic E-state index is -0.345. The number of aryl methyl sites for hydroxylation is 1. The molecule has 0 atom stereocenters. The molecule has 1 saturated heterocycles. The highest BCUT2D eigenvalue weighted by Gasteiger charge is 2.24. The number of nitrogens with zero attached hydrogens (tertiary/aromatic N) is 5. The van der Waals surface area contributed by atoms with E-state index in [0.29, 0.717) is 36.9 Å². The van der Waals surface area contributed by atoms with Gasteiger partial charge in [-0.1, -0.05) is 35.9 Å². The van der Waals surface area contributed by atoms with Crippen LogP contribution in [0.5, 0.6) is 0 Å². The Bertz CT molecular complexity index is 1170. The van der Waals surface area contributed by atoms with Crippen LogP contribution in [0.25, 0.3) is 0 Å². The molecule has 35 heavy (non-hydrogen) atoms. The minimum absolute atomic E-state index is 0.0179. The third-order valence-electron chi connectivity index (χ3n) is 6.00. The van der Waals surface area contributed by atoms with Gasteiger partial charge < -0.3 is 14.7 Å². The largest absolute Gasteiger partial charge is 0.367 e. The first-order valence-corrected chi connectivity index (χ1v) is 11.9. The van der Waals surface area contributed by atoms with Crippen molar-refractivity contribution in [2.75, 3.05) is 37.6 Å². The Balaban J connectivity index is 1.39. The van der Waals surface area contributed by atoms with E-state index in [0.717, 1.165) is 11.3 Å². The highest BCUT2D eigenvalue weighted by atomic mass is 35.5. The predicted molar refractivity (Wildman–Crippen MR) is 133 cm³/mol. The monoisotopic (exact) mass is 495 g/mol. The van der Waals surface area contributed by atoms with E-state index in [1.165, 1.54) is 24.5 Å². The number of benzene rings is 2. The van der Waals surface area contributed by atoms with E-state index >= 15 is 0 Å². The van der Waals surface area contributed by atoms with Crippen LogP contribution in [0.4, 0.5) is 10.1 Å². The lowest BCUT2D eigenvalue weighted by molar-refractivity contribution is -0.131. The first-order valence-electron chi connectivity index (χ1n) is 11.5. The van der Waals surface area contributed by atoms with Gasteiger partial charge in [0.1, 0.15) is 11.5 Å².